The van der Waals surface area contributed by atoms with Gasteiger partial charge in [0.15, 0.2) is 0 Å². The first-order valence-corrected chi connectivity index (χ1v) is 4.25. The monoisotopic (exact) mass is 201 g/mol. The highest BCUT2D eigenvalue weighted by molar-refractivity contribution is 5.44. The smallest absolute Gasteiger partial charge is 0.220 e. The SMILES string of the molecule is Nc1ncc(N(CCO)CCO)n1N. The van der Waals surface area contributed by atoms with Gasteiger partial charge in [-0.1, -0.05) is 0 Å². The Hall–Kier alpha value is -1.47. The zero-order valence-corrected chi connectivity index (χ0v) is 7.80. The van der Waals surface area contributed by atoms with Crippen molar-refractivity contribution < 1.29 is 10.2 Å². The van der Waals surface area contributed by atoms with Gasteiger partial charge in [0.1, 0.15) is 5.82 Å². The van der Waals surface area contributed by atoms with Crippen molar-refractivity contribution in [3.8, 4) is 0 Å². The lowest BCUT2D eigenvalue weighted by Gasteiger charge is -2.22. The lowest BCUT2D eigenvalue weighted by molar-refractivity contribution is 0.280. The number of rotatable bonds is 5. The summed E-state index contributed by atoms with van der Waals surface area (Å²) in [5.41, 5.74) is 5.45. The van der Waals surface area contributed by atoms with Crippen molar-refractivity contribution in [3.63, 3.8) is 0 Å². The molecule has 0 spiro atoms. The largest absolute Gasteiger partial charge is 0.395 e. The van der Waals surface area contributed by atoms with Crippen molar-refractivity contribution in [2.45, 2.75) is 0 Å². The van der Waals surface area contributed by atoms with E-state index in [2.05, 4.69) is 4.98 Å². The van der Waals surface area contributed by atoms with Crippen LogP contribution in [0.5, 0.6) is 0 Å². The summed E-state index contributed by atoms with van der Waals surface area (Å²) in [6.45, 7) is 0.710. The number of hydrogen-bond donors (Lipinski definition) is 4. The quantitative estimate of drug-likeness (QED) is 0.408. The van der Waals surface area contributed by atoms with E-state index in [9.17, 15) is 0 Å². The van der Waals surface area contributed by atoms with Gasteiger partial charge in [0.2, 0.25) is 5.95 Å². The second kappa shape index (κ2) is 4.68. The molecule has 0 fully saturated rings. The molecule has 7 heteroatoms. The van der Waals surface area contributed by atoms with Crippen molar-refractivity contribution in [2.75, 3.05) is 42.8 Å². The van der Waals surface area contributed by atoms with E-state index in [-0.39, 0.29) is 19.2 Å². The normalized spacial score (nSPS) is 10.4. The summed E-state index contributed by atoms with van der Waals surface area (Å²) in [5.74, 6) is 6.36. The van der Waals surface area contributed by atoms with Gasteiger partial charge in [-0.25, -0.2) is 9.66 Å². The Labute approximate surface area is 81.5 Å². The van der Waals surface area contributed by atoms with Gasteiger partial charge in [0.05, 0.1) is 19.4 Å². The van der Waals surface area contributed by atoms with Crippen LogP contribution in [-0.4, -0.2) is 46.2 Å². The van der Waals surface area contributed by atoms with Crippen LogP contribution in [0.3, 0.4) is 0 Å². The van der Waals surface area contributed by atoms with E-state index >= 15 is 0 Å². The molecule has 0 aromatic carbocycles. The van der Waals surface area contributed by atoms with Crippen LogP contribution < -0.4 is 16.5 Å². The van der Waals surface area contributed by atoms with E-state index in [1.165, 1.54) is 10.9 Å². The van der Waals surface area contributed by atoms with Gasteiger partial charge in [-0.15, -0.1) is 0 Å². The van der Waals surface area contributed by atoms with Crippen LogP contribution in [0.15, 0.2) is 6.20 Å². The van der Waals surface area contributed by atoms with Crippen LogP contribution in [0.25, 0.3) is 0 Å². The number of aliphatic hydroxyl groups excluding tert-OH is 2. The molecule has 0 aliphatic carbocycles. The van der Waals surface area contributed by atoms with Crippen LogP contribution in [0.4, 0.5) is 11.8 Å². The molecule has 0 saturated carbocycles. The molecule has 7 nitrogen and oxygen atoms in total. The summed E-state index contributed by atoms with van der Waals surface area (Å²) in [7, 11) is 0. The van der Waals surface area contributed by atoms with E-state index in [0.29, 0.717) is 18.9 Å². The molecule has 14 heavy (non-hydrogen) atoms. The average Bonchev–Trinajstić information content (AvgIpc) is 2.48. The fourth-order valence-electron chi connectivity index (χ4n) is 1.18. The predicted octanol–water partition coefficient (Wildman–Crippen LogP) is -2.03. The summed E-state index contributed by atoms with van der Waals surface area (Å²) >= 11 is 0. The lowest BCUT2D eigenvalue weighted by atomic mass is 10.5. The lowest BCUT2D eigenvalue weighted by Crippen LogP contribution is -2.33. The highest BCUT2D eigenvalue weighted by Gasteiger charge is 2.11. The Balaban J connectivity index is 2.81. The van der Waals surface area contributed by atoms with E-state index < -0.39 is 0 Å². The van der Waals surface area contributed by atoms with Crippen LogP contribution >= 0.6 is 0 Å². The van der Waals surface area contributed by atoms with Crippen molar-refractivity contribution in [2.24, 2.45) is 0 Å². The topological polar surface area (TPSA) is 114 Å². The van der Waals surface area contributed by atoms with E-state index in [1.54, 1.807) is 4.90 Å². The first-order chi connectivity index (χ1) is 6.70. The number of aliphatic hydroxyl groups is 2. The third-order valence-electron chi connectivity index (χ3n) is 1.87. The molecule has 0 saturated heterocycles. The van der Waals surface area contributed by atoms with Gasteiger partial charge in [0, 0.05) is 13.1 Å². The second-order valence-corrected chi connectivity index (χ2v) is 2.78. The predicted molar refractivity (Wildman–Crippen MR) is 53.2 cm³/mol. The Morgan fingerprint density at radius 1 is 1.36 bits per heavy atom. The highest BCUT2D eigenvalue weighted by Crippen LogP contribution is 2.13. The van der Waals surface area contributed by atoms with Gasteiger partial charge < -0.3 is 26.7 Å². The van der Waals surface area contributed by atoms with Crippen LogP contribution in [0.1, 0.15) is 0 Å². The third kappa shape index (κ3) is 2.06. The first-order valence-electron chi connectivity index (χ1n) is 4.25. The number of nitrogen functional groups attached to an aromatic ring is 2. The minimum absolute atomic E-state index is 0.0227. The Morgan fingerprint density at radius 2 is 1.93 bits per heavy atom. The molecule has 0 atom stereocenters. The van der Waals surface area contributed by atoms with Crippen LogP contribution in [0.2, 0.25) is 0 Å². The first kappa shape index (κ1) is 10.6. The molecule has 1 heterocycles. The number of nitrogens with zero attached hydrogens (tertiary/aromatic N) is 3. The minimum Gasteiger partial charge on any atom is -0.395 e. The zero-order chi connectivity index (χ0) is 10.6. The summed E-state index contributed by atoms with van der Waals surface area (Å²) in [5, 5.41) is 17.6. The van der Waals surface area contributed by atoms with Crippen LogP contribution in [-0.2, 0) is 0 Å². The molecule has 0 radical (unpaired) electrons. The fourth-order valence-corrected chi connectivity index (χ4v) is 1.18. The highest BCUT2D eigenvalue weighted by atomic mass is 16.3. The summed E-state index contributed by atoms with van der Waals surface area (Å²) < 4.78 is 1.21. The third-order valence-corrected chi connectivity index (χ3v) is 1.87. The summed E-state index contributed by atoms with van der Waals surface area (Å²) in [4.78, 5) is 5.51. The molecule has 1 rings (SSSR count). The fraction of sp³-hybridized carbons (Fsp3) is 0.571. The van der Waals surface area contributed by atoms with Crippen LogP contribution in [0, 0.1) is 0 Å². The van der Waals surface area contributed by atoms with E-state index in [0.717, 1.165) is 0 Å². The maximum absolute atomic E-state index is 8.80. The van der Waals surface area contributed by atoms with Gasteiger partial charge >= 0.3 is 0 Å². The number of nitrogens with two attached hydrogens (primary N) is 2. The van der Waals surface area contributed by atoms with Gasteiger partial charge in [-0.2, -0.15) is 0 Å². The maximum atomic E-state index is 8.80. The Kier molecular flexibility index (Phi) is 3.55. The van der Waals surface area contributed by atoms with Gasteiger partial charge in [-0.3, -0.25) is 0 Å². The standard InChI is InChI=1S/C7H15N5O2/c8-7-10-5-6(12(7)9)11(1-3-13)2-4-14/h5,13-14H,1-4,9H2,(H2,8,10). The molecular weight excluding hydrogens is 186 g/mol. The summed E-state index contributed by atoms with van der Waals surface area (Å²) in [6.07, 6.45) is 1.50. The number of aromatic nitrogens is 2. The molecule has 6 N–H and O–H groups in total. The van der Waals surface area contributed by atoms with Crippen molar-refractivity contribution >= 4 is 11.8 Å². The van der Waals surface area contributed by atoms with Gasteiger partial charge in [-0.05, 0) is 0 Å². The average molecular weight is 201 g/mol. The molecular formula is C7H15N5O2. The van der Waals surface area contributed by atoms with E-state index in [4.69, 9.17) is 21.8 Å². The molecule has 1 aromatic heterocycles. The Morgan fingerprint density at radius 3 is 2.29 bits per heavy atom. The van der Waals surface area contributed by atoms with E-state index in [1.807, 2.05) is 0 Å². The molecule has 0 aliphatic heterocycles. The van der Waals surface area contributed by atoms with Crippen molar-refractivity contribution in [1.82, 2.24) is 9.66 Å². The van der Waals surface area contributed by atoms with Crippen molar-refractivity contribution in [1.29, 1.82) is 0 Å². The second-order valence-electron chi connectivity index (χ2n) is 2.78. The van der Waals surface area contributed by atoms with Gasteiger partial charge in [0.25, 0.3) is 0 Å². The number of hydrogen-bond acceptors (Lipinski definition) is 6. The maximum Gasteiger partial charge on any atom is 0.220 e. The molecule has 0 amide bonds. The molecule has 0 aliphatic rings. The minimum atomic E-state index is -0.0227. The summed E-state index contributed by atoms with van der Waals surface area (Å²) in [6, 6.07) is 0. The molecule has 0 unspecified atom stereocenters. The molecule has 80 valence electrons. The Bertz CT molecular complexity index is 282. The molecule has 0 bridgehead atoms. The van der Waals surface area contributed by atoms with Crippen molar-refractivity contribution in [3.05, 3.63) is 6.20 Å². The zero-order valence-electron chi connectivity index (χ0n) is 7.80. The number of imidazole rings is 1. The number of anilines is 2. The molecule has 1 aromatic rings.